The smallest absolute Gasteiger partial charge is 0.274 e. The fraction of sp³-hybridized carbons (Fsp3) is 0.333. The van der Waals surface area contributed by atoms with Crippen molar-refractivity contribution in [2.75, 3.05) is 6.54 Å². The van der Waals surface area contributed by atoms with Crippen LogP contribution < -0.4 is 0 Å². The number of aromatic amines is 1. The quantitative estimate of drug-likeness (QED) is 0.794. The first-order valence-electron chi connectivity index (χ1n) is 7.69. The molecule has 0 radical (unpaired) electrons. The number of hydrogen-bond donors (Lipinski definition) is 1. The van der Waals surface area contributed by atoms with Crippen LogP contribution in [0.2, 0.25) is 0 Å². The van der Waals surface area contributed by atoms with Gasteiger partial charge in [-0.05, 0) is 24.5 Å². The van der Waals surface area contributed by atoms with Crippen LogP contribution in [0, 0.1) is 11.7 Å². The summed E-state index contributed by atoms with van der Waals surface area (Å²) in [6.07, 6.45) is 2.45. The zero-order valence-electron chi connectivity index (χ0n) is 13.6. The molecule has 0 aliphatic carbocycles. The fourth-order valence-corrected chi connectivity index (χ4v) is 2.38. The van der Waals surface area contributed by atoms with E-state index in [4.69, 9.17) is 0 Å². The summed E-state index contributed by atoms with van der Waals surface area (Å²) in [5, 5.41) is 6.98. The Kier molecular flexibility index (Phi) is 5.68. The Morgan fingerprint density at radius 1 is 1.43 bits per heavy atom. The van der Waals surface area contributed by atoms with Gasteiger partial charge in [0.2, 0.25) is 0 Å². The molecule has 0 aliphatic heterocycles. The van der Waals surface area contributed by atoms with E-state index in [1.165, 1.54) is 11.0 Å². The lowest BCUT2D eigenvalue weighted by Crippen LogP contribution is -2.31. The third-order valence-electron chi connectivity index (χ3n) is 3.43. The number of carbonyl (C=O) groups excluding carboxylic acids is 1. The minimum Gasteiger partial charge on any atom is -0.329 e. The van der Waals surface area contributed by atoms with Crippen LogP contribution in [-0.2, 0) is 13.0 Å². The van der Waals surface area contributed by atoms with Crippen LogP contribution in [0.1, 0.15) is 35.6 Å². The van der Waals surface area contributed by atoms with E-state index in [0.717, 1.165) is 12.1 Å². The van der Waals surface area contributed by atoms with Gasteiger partial charge in [-0.1, -0.05) is 38.1 Å². The van der Waals surface area contributed by atoms with E-state index in [0.29, 0.717) is 23.7 Å². The number of rotatable bonds is 7. The first kappa shape index (κ1) is 16.9. The molecule has 0 fully saturated rings. The minimum absolute atomic E-state index is 0.184. The Balaban J connectivity index is 2.16. The largest absolute Gasteiger partial charge is 0.329 e. The summed E-state index contributed by atoms with van der Waals surface area (Å²) in [5.41, 5.74) is 1.74. The molecule has 2 rings (SSSR count). The molecule has 5 heteroatoms. The number of hydrogen-bond acceptors (Lipinski definition) is 2. The molecular weight excluding hydrogens is 293 g/mol. The summed E-state index contributed by atoms with van der Waals surface area (Å²) in [6.45, 7) is 8.39. The molecule has 0 saturated carbocycles. The Bertz CT molecular complexity index is 678. The van der Waals surface area contributed by atoms with Gasteiger partial charge in [-0.25, -0.2) is 4.39 Å². The number of H-pyrrole nitrogens is 1. The van der Waals surface area contributed by atoms with Gasteiger partial charge in [-0.2, -0.15) is 5.10 Å². The van der Waals surface area contributed by atoms with Crippen LogP contribution >= 0.6 is 0 Å². The van der Waals surface area contributed by atoms with E-state index in [1.807, 2.05) is 0 Å². The van der Waals surface area contributed by atoms with Crippen molar-refractivity contribution in [3.63, 3.8) is 0 Å². The van der Waals surface area contributed by atoms with Crippen LogP contribution in [0.5, 0.6) is 0 Å². The summed E-state index contributed by atoms with van der Waals surface area (Å²) in [6, 6.07) is 8.21. The molecule has 1 amide bonds. The maximum absolute atomic E-state index is 13.8. The van der Waals surface area contributed by atoms with Crippen LogP contribution in [0.15, 0.2) is 43.0 Å². The maximum Gasteiger partial charge on any atom is 0.274 e. The highest BCUT2D eigenvalue weighted by atomic mass is 19.1. The zero-order valence-corrected chi connectivity index (χ0v) is 13.6. The van der Waals surface area contributed by atoms with Gasteiger partial charge in [0.15, 0.2) is 0 Å². The van der Waals surface area contributed by atoms with Crippen molar-refractivity contribution in [3.05, 3.63) is 65.8 Å². The predicted molar refractivity (Wildman–Crippen MR) is 88.5 cm³/mol. The van der Waals surface area contributed by atoms with Gasteiger partial charge in [-0.3, -0.25) is 9.89 Å². The number of amides is 1. The van der Waals surface area contributed by atoms with E-state index >= 15 is 0 Å². The topological polar surface area (TPSA) is 49.0 Å². The molecule has 4 nitrogen and oxygen atoms in total. The van der Waals surface area contributed by atoms with E-state index in [9.17, 15) is 9.18 Å². The average molecular weight is 315 g/mol. The van der Waals surface area contributed by atoms with Crippen LogP contribution in [-0.4, -0.2) is 27.5 Å². The van der Waals surface area contributed by atoms with E-state index in [1.54, 1.807) is 30.3 Å². The predicted octanol–water partition coefficient (Wildman–Crippen LogP) is 3.58. The molecule has 2 aromatic rings. The highest BCUT2D eigenvalue weighted by Crippen LogP contribution is 2.14. The fourth-order valence-electron chi connectivity index (χ4n) is 2.38. The lowest BCUT2D eigenvalue weighted by atomic mass is 10.1. The van der Waals surface area contributed by atoms with Crippen molar-refractivity contribution in [2.24, 2.45) is 5.92 Å². The second-order valence-electron chi connectivity index (χ2n) is 5.94. The van der Waals surface area contributed by atoms with Crippen molar-refractivity contribution in [1.29, 1.82) is 0 Å². The van der Waals surface area contributed by atoms with Crippen LogP contribution in [0.25, 0.3) is 0 Å². The Hall–Kier alpha value is -2.43. The second-order valence-corrected chi connectivity index (χ2v) is 5.94. The molecule has 1 heterocycles. The lowest BCUT2D eigenvalue weighted by Gasteiger charge is -2.20. The molecule has 1 N–H and O–H groups in total. The molecule has 0 atom stereocenters. The number of aromatic nitrogens is 2. The normalized spacial score (nSPS) is 10.8. The lowest BCUT2D eigenvalue weighted by molar-refractivity contribution is 0.0755. The highest BCUT2D eigenvalue weighted by Gasteiger charge is 2.19. The summed E-state index contributed by atoms with van der Waals surface area (Å²) in [7, 11) is 0. The average Bonchev–Trinajstić information content (AvgIpc) is 2.96. The van der Waals surface area contributed by atoms with Gasteiger partial charge >= 0.3 is 0 Å². The summed E-state index contributed by atoms with van der Waals surface area (Å²) in [4.78, 5) is 14.2. The van der Waals surface area contributed by atoms with Crippen molar-refractivity contribution >= 4 is 5.91 Å². The summed E-state index contributed by atoms with van der Waals surface area (Å²) < 4.78 is 13.8. The Morgan fingerprint density at radius 3 is 2.83 bits per heavy atom. The van der Waals surface area contributed by atoms with Gasteiger partial charge in [0.05, 0.1) is 0 Å². The van der Waals surface area contributed by atoms with E-state index in [-0.39, 0.29) is 18.3 Å². The third-order valence-corrected chi connectivity index (χ3v) is 3.43. The highest BCUT2D eigenvalue weighted by molar-refractivity contribution is 5.92. The number of halogens is 1. The zero-order chi connectivity index (χ0) is 16.8. The second kappa shape index (κ2) is 7.72. The van der Waals surface area contributed by atoms with E-state index < -0.39 is 0 Å². The Labute approximate surface area is 136 Å². The monoisotopic (exact) mass is 315 g/mol. The third kappa shape index (κ3) is 4.52. The molecule has 0 spiro atoms. The first-order valence-corrected chi connectivity index (χ1v) is 7.69. The Morgan fingerprint density at radius 2 is 2.17 bits per heavy atom. The molecule has 0 saturated heterocycles. The standard InChI is InChI=1S/C18H22FN3O/c1-4-9-22(12-14-7-5-6-8-16(14)19)18(23)17-11-15(20-21-17)10-13(2)3/h4-8,11,13H,1,9-10,12H2,2-3H3,(H,20,21). The van der Waals surface area contributed by atoms with Crippen LogP contribution in [0.3, 0.4) is 0 Å². The van der Waals surface area contributed by atoms with Crippen molar-refractivity contribution in [3.8, 4) is 0 Å². The minimum atomic E-state index is -0.322. The van der Waals surface area contributed by atoms with Gasteiger partial charge in [-0.15, -0.1) is 6.58 Å². The van der Waals surface area contributed by atoms with E-state index in [2.05, 4.69) is 30.6 Å². The van der Waals surface area contributed by atoms with Crippen LogP contribution in [0.4, 0.5) is 4.39 Å². The first-order chi connectivity index (χ1) is 11.0. The maximum atomic E-state index is 13.8. The number of benzene rings is 1. The number of nitrogens with zero attached hydrogens (tertiary/aromatic N) is 2. The van der Waals surface area contributed by atoms with Gasteiger partial charge < -0.3 is 4.90 Å². The van der Waals surface area contributed by atoms with Gasteiger partial charge in [0.25, 0.3) is 5.91 Å². The molecule has 0 bridgehead atoms. The summed E-state index contributed by atoms with van der Waals surface area (Å²) >= 11 is 0. The molecular formula is C18H22FN3O. The van der Waals surface area contributed by atoms with Gasteiger partial charge in [0.1, 0.15) is 11.5 Å². The van der Waals surface area contributed by atoms with Crippen molar-refractivity contribution in [2.45, 2.75) is 26.8 Å². The van der Waals surface area contributed by atoms with Gasteiger partial charge in [0, 0.05) is 24.3 Å². The molecule has 23 heavy (non-hydrogen) atoms. The SMILES string of the molecule is C=CCN(Cc1ccccc1F)C(=O)c1cc(CC(C)C)[nH]n1. The number of nitrogens with one attached hydrogen (secondary N) is 1. The van der Waals surface area contributed by atoms with Crippen molar-refractivity contribution < 1.29 is 9.18 Å². The van der Waals surface area contributed by atoms with Crippen molar-refractivity contribution in [1.82, 2.24) is 15.1 Å². The molecule has 0 aliphatic rings. The molecule has 1 aromatic heterocycles. The number of carbonyl (C=O) groups is 1. The molecule has 122 valence electrons. The summed E-state index contributed by atoms with van der Waals surface area (Å²) in [5.74, 6) is -0.0857. The molecule has 1 aromatic carbocycles. The molecule has 0 unspecified atom stereocenters.